The Labute approximate surface area is 197 Å². The van der Waals surface area contributed by atoms with Crippen LogP contribution >= 0.6 is 11.3 Å². The number of hydrogen-bond donors (Lipinski definition) is 3. The van der Waals surface area contributed by atoms with Crippen LogP contribution < -0.4 is 16.4 Å². The maximum atomic E-state index is 13.2. The monoisotopic (exact) mass is 467 g/mol. The summed E-state index contributed by atoms with van der Waals surface area (Å²) in [5, 5.41) is 8.36. The summed E-state index contributed by atoms with van der Waals surface area (Å²) in [6, 6.07) is 15.3. The number of thiophene rings is 1. The quantitative estimate of drug-likeness (QED) is 0.470. The normalized spacial score (nSPS) is 13.2. The Hall–Kier alpha value is -3.39. The molecule has 3 rings (SSSR count). The summed E-state index contributed by atoms with van der Waals surface area (Å²) in [6.45, 7) is 5.24. The van der Waals surface area contributed by atoms with Crippen molar-refractivity contribution in [2.24, 2.45) is 5.73 Å². The average Bonchev–Trinajstić information content (AvgIpc) is 3.15. The maximum Gasteiger partial charge on any atom is 0.408 e. The van der Waals surface area contributed by atoms with Crippen molar-refractivity contribution < 1.29 is 19.1 Å². The van der Waals surface area contributed by atoms with Crippen LogP contribution in [0, 0.1) is 0 Å². The summed E-state index contributed by atoms with van der Waals surface area (Å²) in [6.07, 6.45) is -0.213. The molecule has 3 aromatic rings. The van der Waals surface area contributed by atoms with Crippen molar-refractivity contribution in [2.45, 2.75) is 51.3 Å². The number of nitrogens with two attached hydrogens (primary N) is 1. The SMILES string of the molecule is CC(C)(C)OC(=O)N[C@@H](Cc1csc2ccccc12)C(=O)N[C@@H](Cc1ccccc1)C(N)=O. The van der Waals surface area contributed by atoms with E-state index in [1.165, 1.54) is 0 Å². The van der Waals surface area contributed by atoms with Crippen LogP contribution in [0.15, 0.2) is 60.0 Å². The maximum absolute atomic E-state index is 13.2. The van der Waals surface area contributed by atoms with Gasteiger partial charge in [-0.1, -0.05) is 48.5 Å². The molecule has 0 aliphatic carbocycles. The number of benzene rings is 2. The van der Waals surface area contributed by atoms with Gasteiger partial charge in [0.05, 0.1) is 0 Å². The van der Waals surface area contributed by atoms with Crippen LogP contribution in [0.2, 0.25) is 0 Å². The number of carbonyl (C=O) groups excluding carboxylic acids is 3. The molecule has 7 nitrogen and oxygen atoms in total. The third-order valence-electron chi connectivity index (χ3n) is 4.94. The highest BCUT2D eigenvalue weighted by Gasteiger charge is 2.28. The van der Waals surface area contributed by atoms with Gasteiger partial charge >= 0.3 is 6.09 Å². The van der Waals surface area contributed by atoms with E-state index >= 15 is 0 Å². The summed E-state index contributed by atoms with van der Waals surface area (Å²) in [5.74, 6) is -1.15. The number of ether oxygens (including phenoxy) is 1. The van der Waals surface area contributed by atoms with Crippen LogP contribution in [0.1, 0.15) is 31.9 Å². The minimum atomic E-state index is -0.949. The largest absolute Gasteiger partial charge is 0.444 e. The predicted octanol–water partition coefficient (Wildman–Crippen LogP) is 3.55. The van der Waals surface area contributed by atoms with Crippen molar-refractivity contribution in [3.63, 3.8) is 0 Å². The van der Waals surface area contributed by atoms with Crippen LogP contribution in [0.4, 0.5) is 4.79 Å². The molecule has 0 saturated carbocycles. The fourth-order valence-corrected chi connectivity index (χ4v) is 4.39. The number of fused-ring (bicyclic) bond motifs is 1. The van der Waals surface area contributed by atoms with E-state index in [1.54, 1.807) is 32.1 Å². The Bertz CT molecular complexity index is 1120. The van der Waals surface area contributed by atoms with E-state index in [4.69, 9.17) is 10.5 Å². The summed E-state index contributed by atoms with van der Waals surface area (Å²) in [7, 11) is 0. The highest BCUT2D eigenvalue weighted by Crippen LogP contribution is 2.26. The fourth-order valence-electron chi connectivity index (χ4n) is 3.41. The second kappa shape index (κ2) is 10.5. The molecule has 0 bridgehead atoms. The van der Waals surface area contributed by atoms with Gasteiger partial charge in [0.25, 0.3) is 0 Å². The van der Waals surface area contributed by atoms with Gasteiger partial charge in [0.1, 0.15) is 17.7 Å². The highest BCUT2D eigenvalue weighted by molar-refractivity contribution is 7.17. The zero-order valence-electron chi connectivity index (χ0n) is 19.0. The first kappa shape index (κ1) is 24.3. The van der Waals surface area contributed by atoms with Crippen molar-refractivity contribution in [2.75, 3.05) is 0 Å². The van der Waals surface area contributed by atoms with E-state index in [2.05, 4.69) is 10.6 Å². The zero-order chi connectivity index (χ0) is 24.0. The molecule has 1 aromatic heterocycles. The molecule has 33 heavy (non-hydrogen) atoms. The third kappa shape index (κ3) is 7.05. The lowest BCUT2D eigenvalue weighted by atomic mass is 10.0. The molecule has 8 heteroatoms. The molecular weight excluding hydrogens is 438 g/mol. The smallest absolute Gasteiger partial charge is 0.408 e. The minimum Gasteiger partial charge on any atom is -0.444 e. The first-order valence-corrected chi connectivity index (χ1v) is 11.6. The molecular formula is C25H29N3O4S. The summed E-state index contributed by atoms with van der Waals surface area (Å²) < 4.78 is 6.44. The number of alkyl carbamates (subject to hydrolysis) is 1. The van der Waals surface area contributed by atoms with Crippen LogP contribution in [-0.2, 0) is 27.2 Å². The molecule has 174 valence electrons. The number of rotatable bonds is 8. The lowest BCUT2D eigenvalue weighted by molar-refractivity contribution is -0.128. The molecule has 2 atom stereocenters. The molecule has 0 unspecified atom stereocenters. The zero-order valence-corrected chi connectivity index (χ0v) is 19.8. The predicted molar refractivity (Wildman–Crippen MR) is 130 cm³/mol. The topological polar surface area (TPSA) is 111 Å². The molecule has 0 aliphatic heterocycles. The van der Waals surface area contributed by atoms with Gasteiger partial charge in [-0.05, 0) is 48.7 Å². The average molecular weight is 468 g/mol. The van der Waals surface area contributed by atoms with Gasteiger partial charge in [-0.2, -0.15) is 0 Å². The van der Waals surface area contributed by atoms with Crippen LogP contribution in [0.3, 0.4) is 0 Å². The van der Waals surface area contributed by atoms with Gasteiger partial charge in [0, 0.05) is 17.5 Å². The van der Waals surface area contributed by atoms with Gasteiger partial charge in [-0.3, -0.25) is 9.59 Å². The van der Waals surface area contributed by atoms with Crippen molar-refractivity contribution in [1.82, 2.24) is 10.6 Å². The number of nitrogens with one attached hydrogen (secondary N) is 2. The van der Waals surface area contributed by atoms with Gasteiger partial charge in [-0.25, -0.2) is 4.79 Å². The molecule has 0 aliphatic rings. The van der Waals surface area contributed by atoms with Gasteiger partial charge < -0.3 is 21.1 Å². The second-order valence-electron chi connectivity index (χ2n) is 8.81. The second-order valence-corrected chi connectivity index (χ2v) is 9.72. The van der Waals surface area contributed by atoms with Crippen molar-refractivity contribution in [1.29, 1.82) is 0 Å². The summed E-state index contributed by atoms with van der Waals surface area (Å²) in [4.78, 5) is 37.8. The summed E-state index contributed by atoms with van der Waals surface area (Å²) in [5.41, 5.74) is 6.63. The first-order valence-electron chi connectivity index (χ1n) is 10.7. The number of amides is 3. The molecule has 0 fully saturated rings. The summed E-state index contributed by atoms with van der Waals surface area (Å²) >= 11 is 1.57. The Kier molecular flexibility index (Phi) is 7.71. The van der Waals surface area contributed by atoms with Gasteiger partial charge in [0.15, 0.2) is 0 Å². The van der Waals surface area contributed by atoms with Crippen molar-refractivity contribution >= 4 is 39.3 Å². The van der Waals surface area contributed by atoms with Crippen molar-refractivity contribution in [3.8, 4) is 0 Å². The van der Waals surface area contributed by atoms with Crippen LogP contribution in [0.5, 0.6) is 0 Å². The van der Waals surface area contributed by atoms with E-state index in [9.17, 15) is 14.4 Å². The van der Waals surface area contributed by atoms with Crippen LogP contribution in [0.25, 0.3) is 10.1 Å². The Morgan fingerprint density at radius 3 is 2.27 bits per heavy atom. The van der Waals surface area contributed by atoms with Gasteiger partial charge in [0.2, 0.25) is 11.8 Å². The molecule has 1 heterocycles. The lowest BCUT2D eigenvalue weighted by Crippen LogP contribution is -2.54. The number of hydrogen-bond acceptors (Lipinski definition) is 5. The third-order valence-corrected chi connectivity index (χ3v) is 5.95. The van der Waals surface area contributed by atoms with Crippen molar-refractivity contribution in [3.05, 3.63) is 71.1 Å². The molecule has 2 aromatic carbocycles. The Balaban J connectivity index is 1.81. The first-order chi connectivity index (χ1) is 15.6. The Morgan fingerprint density at radius 1 is 0.939 bits per heavy atom. The molecule has 0 radical (unpaired) electrons. The standard InChI is InChI=1S/C25H29N3O4S/c1-25(2,3)32-24(31)28-20(14-17-15-33-21-12-8-7-11-18(17)21)23(30)27-19(22(26)29)13-16-9-5-4-6-10-16/h4-12,15,19-20H,13-14H2,1-3H3,(H2,26,29)(H,27,30)(H,28,31)/t19-,20-/m0/s1. The van der Waals surface area contributed by atoms with E-state index in [0.717, 1.165) is 21.2 Å². The molecule has 0 saturated heterocycles. The lowest BCUT2D eigenvalue weighted by Gasteiger charge is -2.25. The molecule has 3 amide bonds. The molecule has 0 spiro atoms. The highest BCUT2D eigenvalue weighted by atomic mass is 32.1. The minimum absolute atomic E-state index is 0.242. The van der Waals surface area contributed by atoms with E-state index in [-0.39, 0.29) is 12.8 Å². The van der Waals surface area contributed by atoms with E-state index in [1.807, 2.05) is 60.0 Å². The van der Waals surface area contributed by atoms with Crippen LogP contribution in [-0.4, -0.2) is 35.6 Å². The fraction of sp³-hybridized carbons (Fsp3) is 0.320. The number of carbonyl (C=O) groups is 3. The van der Waals surface area contributed by atoms with Gasteiger partial charge in [-0.15, -0.1) is 11.3 Å². The Morgan fingerprint density at radius 2 is 1.61 bits per heavy atom. The van der Waals surface area contributed by atoms with E-state index < -0.39 is 35.6 Å². The molecule has 4 N–H and O–H groups in total. The van der Waals surface area contributed by atoms with E-state index in [0.29, 0.717) is 0 Å². The number of primary amides is 1.